The Kier molecular flexibility index (Phi) is 7.06. The highest BCUT2D eigenvalue weighted by atomic mass is 16.5. The van der Waals surface area contributed by atoms with Crippen LogP contribution in [0.15, 0.2) is 34.9 Å². The number of rotatable bonds is 5. The molecule has 5 unspecified atom stereocenters. The standard InChI is InChI=1S/C22H34O3/c1-7-20-15(3)9-11-21(25-20)17(5)12-14(2)8-10-19-13-16(4)18(6)22(23)24-19/h8,10,12,14-15,19-21H,7,9,11,13H2,1-6H3/b10-8+,17-12+. The molecule has 3 heteroatoms. The normalized spacial score (nSPS) is 32.9. The second-order valence-corrected chi connectivity index (χ2v) is 7.83. The molecule has 0 N–H and O–H groups in total. The van der Waals surface area contributed by atoms with Crippen LogP contribution in [0.5, 0.6) is 0 Å². The minimum atomic E-state index is -0.187. The van der Waals surface area contributed by atoms with E-state index >= 15 is 0 Å². The zero-order chi connectivity index (χ0) is 18.6. The second-order valence-electron chi connectivity index (χ2n) is 7.83. The van der Waals surface area contributed by atoms with Gasteiger partial charge in [0.05, 0.1) is 12.2 Å². The van der Waals surface area contributed by atoms with E-state index in [1.54, 1.807) is 0 Å². The minimum Gasteiger partial charge on any atom is -0.454 e. The Hall–Kier alpha value is -1.35. The predicted octanol–water partition coefficient (Wildman–Crippen LogP) is 5.37. The lowest BCUT2D eigenvalue weighted by molar-refractivity contribution is -0.143. The topological polar surface area (TPSA) is 35.5 Å². The van der Waals surface area contributed by atoms with E-state index in [2.05, 4.69) is 39.8 Å². The third kappa shape index (κ3) is 5.31. The molecule has 1 fully saturated rings. The molecule has 2 aliphatic heterocycles. The van der Waals surface area contributed by atoms with Crippen LogP contribution in [-0.4, -0.2) is 24.3 Å². The van der Waals surface area contributed by atoms with Gasteiger partial charge in [0.2, 0.25) is 0 Å². The van der Waals surface area contributed by atoms with E-state index in [1.165, 1.54) is 12.0 Å². The molecule has 0 amide bonds. The fraction of sp³-hybridized carbons (Fsp3) is 0.682. The van der Waals surface area contributed by atoms with Gasteiger partial charge in [-0.15, -0.1) is 0 Å². The fourth-order valence-electron chi connectivity index (χ4n) is 3.73. The quantitative estimate of drug-likeness (QED) is 0.496. The van der Waals surface area contributed by atoms with Crippen LogP contribution in [0, 0.1) is 11.8 Å². The average molecular weight is 347 g/mol. The van der Waals surface area contributed by atoms with Crippen LogP contribution in [0.2, 0.25) is 0 Å². The first-order valence-corrected chi connectivity index (χ1v) is 9.71. The van der Waals surface area contributed by atoms with Gasteiger partial charge in [-0.3, -0.25) is 0 Å². The van der Waals surface area contributed by atoms with Crippen LogP contribution in [0.3, 0.4) is 0 Å². The number of cyclic esters (lactones) is 1. The third-order valence-corrected chi connectivity index (χ3v) is 5.64. The van der Waals surface area contributed by atoms with Gasteiger partial charge in [-0.1, -0.05) is 38.5 Å². The van der Waals surface area contributed by atoms with Gasteiger partial charge in [0, 0.05) is 12.0 Å². The monoisotopic (exact) mass is 346 g/mol. The highest BCUT2D eigenvalue weighted by Gasteiger charge is 2.28. The Bertz CT molecular complexity index is 570. The van der Waals surface area contributed by atoms with E-state index in [4.69, 9.17) is 9.47 Å². The van der Waals surface area contributed by atoms with Crippen molar-refractivity contribution in [3.63, 3.8) is 0 Å². The Morgan fingerprint density at radius 3 is 2.68 bits per heavy atom. The summed E-state index contributed by atoms with van der Waals surface area (Å²) in [6.45, 7) is 12.7. The number of allylic oxidation sites excluding steroid dienone is 2. The molecule has 0 aliphatic carbocycles. The lowest BCUT2D eigenvalue weighted by Gasteiger charge is -2.35. The van der Waals surface area contributed by atoms with Crippen molar-refractivity contribution < 1.29 is 14.3 Å². The van der Waals surface area contributed by atoms with Gasteiger partial charge in [0.1, 0.15) is 6.10 Å². The van der Waals surface area contributed by atoms with Gasteiger partial charge in [0.25, 0.3) is 0 Å². The molecule has 0 spiro atoms. The molecular formula is C22H34O3. The molecule has 0 bridgehead atoms. The lowest BCUT2D eigenvalue weighted by Crippen LogP contribution is -2.34. The van der Waals surface area contributed by atoms with Crippen molar-refractivity contribution in [2.75, 3.05) is 0 Å². The zero-order valence-corrected chi connectivity index (χ0v) is 16.7. The molecule has 3 nitrogen and oxygen atoms in total. The fourth-order valence-corrected chi connectivity index (χ4v) is 3.73. The van der Waals surface area contributed by atoms with Gasteiger partial charge in [0.15, 0.2) is 0 Å². The van der Waals surface area contributed by atoms with Crippen LogP contribution in [0.1, 0.15) is 67.2 Å². The highest BCUT2D eigenvalue weighted by molar-refractivity contribution is 5.89. The zero-order valence-electron chi connectivity index (χ0n) is 16.7. The van der Waals surface area contributed by atoms with Crippen molar-refractivity contribution in [1.82, 2.24) is 0 Å². The van der Waals surface area contributed by atoms with Gasteiger partial charge < -0.3 is 9.47 Å². The molecule has 5 atom stereocenters. The smallest absolute Gasteiger partial charge is 0.334 e. The van der Waals surface area contributed by atoms with Gasteiger partial charge in [-0.2, -0.15) is 0 Å². The predicted molar refractivity (Wildman–Crippen MR) is 102 cm³/mol. The Balaban J connectivity index is 1.93. The van der Waals surface area contributed by atoms with Gasteiger partial charge in [-0.25, -0.2) is 4.79 Å². The summed E-state index contributed by atoms with van der Waals surface area (Å²) in [7, 11) is 0. The number of esters is 1. The maximum Gasteiger partial charge on any atom is 0.334 e. The van der Waals surface area contributed by atoms with Crippen LogP contribution in [0.4, 0.5) is 0 Å². The van der Waals surface area contributed by atoms with Crippen molar-refractivity contribution >= 4 is 5.97 Å². The molecule has 0 saturated carbocycles. The van der Waals surface area contributed by atoms with Crippen molar-refractivity contribution in [2.24, 2.45) is 11.8 Å². The summed E-state index contributed by atoms with van der Waals surface area (Å²) < 4.78 is 11.7. The summed E-state index contributed by atoms with van der Waals surface area (Å²) >= 11 is 0. The number of ether oxygens (including phenoxy) is 2. The van der Waals surface area contributed by atoms with E-state index < -0.39 is 0 Å². The summed E-state index contributed by atoms with van der Waals surface area (Å²) in [6, 6.07) is 0. The lowest BCUT2D eigenvalue weighted by atomic mass is 9.89. The van der Waals surface area contributed by atoms with E-state index in [-0.39, 0.29) is 18.2 Å². The molecular weight excluding hydrogens is 312 g/mol. The molecule has 0 radical (unpaired) electrons. The molecule has 0 aromatic heterocycles. The summed E-state index contributed by atoms with van der Waals surface area (Å²) in [5.41, 5.74) is 3.19. The van der Waals surface area contributed by atoms with E-state index in [1.807, 2.05) is 19.9 Å². The molecule has 25 heavy (non-hydrogen) atoms. The molecule has 140 valence electrons. The molecule has 1 saturated heterocycles. The van der Waals surface area contributed by atoms with Crippen LogP contribution >= 0.6 is 0 Å². The van der Waals surface area contributed by atoms with E-state index in [0.717, 1.165) is 30.4 Å². The maximum atomic E-state index is 11.8. The first kappa shape index (κ1) is 20.0. The minimum absolute atomic E-state index is 0.136. The SMILES string of the molecule is CCC1OC(/C(C)=C/C(C)/C=C/C2CC(C)=C(C)C(=O)O2)CCC1C. The van der Waals surface area contributed by atoms with Crippen molar-refractivity contribution in [2.45, 2.75) is 85.5 Å². The Morgan fingerprint density at radius 2 is 2.04 bits per heavy atom. The van der Waals surface area contributed by atoms with E-state index in [9.17, 15) is 4.79 Å². The summed E-state index contributed by atoms with van der Waals surface area (Å²) in [5, 5.41) is 0. The third-order valence-electron chi connectivity index (χ3n) is 5.64. The Labute approximate surface area is 153 Å². The first-order valence-electron chi connectivity index (χ1n) is 9.71. The molecule has 2 rings (SSSR count). The summed E-state index contributed by atoms with van der Waals surface area (Å²) in [4.78, 5) is 11.8. The van der Waals surface area contributed by atoms with Crippen molar-refractivity contribution in [3.05, 3.63) is 34.9 Å². The molecule has 0 aromatic carbocycles. The average Bonchev–Trinajstić information content (AvgIpc) is 2.58. The van der Waals surface area contributed by atoms with Crippen LogP contribution in [-0.2, 0) is 14.3 Å². The number of carbonyl (C=O) groups is 1. The number of hydrogen-bond acceptors (Lipinski definition) is 3. The van der Waals surface area contributed by atoms with E-state index in [0.29, 0.717) is 17.9 Å². The number of hydrogen-bond donors (Lipinski definition) is 0. The molecule has 0 aromatic rings. The molecule has 2 heterocycles. The maximum absolute atomic E-state index is 11.8. The largest absolute Gasteiger partial charge is 0.454 e. The second kappa shape index (κ2) is 8.84. The molecule has 2 aliphatic rings. The summed E-state index contributed by atoms with van der Waals surface area (Å²) in [5.74, 6) is 0.772. The summed E-state index contributed by atoms with van der Waals surface area (Å²) in [6.07, 6.45) is 11.2. The first-order chi connectivity index (χ1) is 11.8. The number of carbonyl (C=O) groups excluding carboxylic acids is 1. The van der Waals surface area contributed by atoms with Crippen molar-refractivity contribution in [3.8, 4) is 0 Å². The van der Waals surface area contributed by atoms with Crippen LogP contribution in [0.25, 0.3) is 0 Å². The highest BCUT2D eigenvalue weighted by Crippen LogP contribution is 2.30. The van der Waals surface area contributed by atoms with Gasteiger partial charge >= 0.3 is 5.97 Å². The van der Waals surface area contributed by atoms with Gasteiger partial charge in [-0.05, 0) is 63.5 Å². The van der Waals surface area contributed by atoms with Crippen LogP contribution < -0.4 is 0 Å². The Morgan fingerprint density at radius 1 is 1.32 bits per heavy atom. The van der Waals surface area contributed by atoms with Crippen molar-refractivity contribution in [1.29, 1.82) is 0 Å².